The number of thioether (sulfide) groups is 1. The van der Waals surface area contributed by atoms with Crippen LogP contribution in [0.3, 0.4) is 0 Å². The van der Waals surface area contributed by atoms with Crippen molar-refractivity contribution in [1.82, 2.24) is 25.3 Å². The molecule has 0 bridgehead atoms. The van der Waals surface area contributed by atoms with Crippen LogP contribution in [0.25, 0.3) is 0 Å². The smallest absolute Gasteiger partial charge is 0.327 e. The molecule has 0 saturated carbocycles. The van der Waals surface area contributed by atoms with Gasteiger partial charge in [0.25, 0.3) is 0 Å². The van der Waals surface area contributed by atoms with Gasteiger partial charge in [-0.2, -0.15) is 0 Å². The Bertz CT molecular complexity index is 891. The number of imide groups is 1. The van der Waals surface area contributed by atoms with Crippen LogP contribution in [0.5, 0.6) is 5.75 Å². The molecule has 3 aliphatic rings. The summed E-state index contributed by atoms with van der Waals surface area (Å²) in [6.45, 7) is 1.60. The third-order valence-electron chi connectivity index (χ3n) is 6.75. The largest absolute Gasteiger partial charge is 0.496 e. The predicted molar refractivity (Wildman–Crippen MR) is 127 cm³/mol. The van der Waals surface area contributed by atoms with E-state index in [9.17, 15) is 14.4 Å². The summed E-state index contributed by atoms with van der Waals surface area (Å²) in [6, 6.07) is 7.30. The molecule has 4 amide bonds. The van der Waals surface area contributed by atoms with E-state index in [1.165, 1.54) is 18.8 Å². The maximum Gasteiger partial charge on any atom is 0.327 e. The highest BCUT2D eigenvalue weighted by Gasteiger charge is 2.51. The number of hydrogen-bond donors (Lipinski definition) is 2. The molecule has 3 saturated heterocycles. The molecule has 0 spiro atoms. The van der Waals surface area contributed by atoms with Crippen LogP contribution in [0.4, 0.5) is 4.79 Å². The van der Waals surface area contributed by atoms with E-state index in [2.05, 4.69) is 10.6 Å². The lowest BCUT2D eigenvalue weighted by atomic mass is 9.95. The number of benzene rings is 1. The topological polar surface area (TPSA) is 94.2 Å². The minimum atomic E-state index is -0.523. The van der Waals surface area contributed by atoms with Crippen molar-refractivity contribution in [2.45, 2.75) is 43.4 Å². The Hall–Kier alpha value is -2.30. The first-order valence-electron chi connectivity index (χ1n) is 11.5. The number of methoxy groups -OCH3 is 1. The molecule has 1 aromatic carbocycles. The molecule has 0 aromatic heterocycles. The van der Waals surface area contributed by atoms with Gasteiger partial charge in [-0.25, -0.2) is 4.79 Å². The fourth-order valence-electron chi connectivity index (χ4n) is 4.86. The van der Waals surface area contributed by atoms with Crippen molar-refractivity contribution in [1.29, 1.82) is 0 Å². The number of carbonyl (C=O) groups excluding carboxylic acids is 3. The van der Waals surface area contributed by atoms with Crippen molar-refractivity contribution in [3.63, 3.8) is 0 Å². The summed E-state index contributed by atoms with van der Waals surface area (Å²) in [5.74, 6) is 0.327. The van der Waals surface area contributed by atoms with Gasteiger partial charge >= 0.3 is 6.03 Å². The number of ether oxygens (including phenoxy) is 1. The third-order valence-corrected chi connectivity index (χ3v) is 7.95. The summed E-state index contributed by atoms with van der Waals surface area (Å²) in [4.78, 5) is 43.4. The number of fused-ring (bicyclic) bond motifs is 1. The number of nitrogens with zero attached hydrogens (tertiary/aromatic N) is 3. The number of amides is 4. The van der Waals surface area contributed by atoms with E-state index in [0.29, 0.717) is 5.75 Å². The monoisotopic (exact) mass is 475 g/mol. The molecule has 1 aromatic rings. The van der Waals surface area contributed by atoms with E-state index in [1.807, 2.05) is 29.2 Å². The fraction of sp³-hybridized carbons (Fsp3) is 0.609. The third kappa shape index (κ3) is 4.83. The van der Waals surface area contributed by atoms with Crippen LogP contribution in [0.2, 0.25) is 0 Å². The van der Waals surface area contributed by atoms with E-state index in [0.717, 1.165) is 49.2 Å². The minimum absolute atomic E-state index is 0.105. The number of para-hydroxylation sites is 1. The maximum atomic E-state index is 13.1. The summed E-state index contributed by atoms with van der Waals surface area (Å²) in [6.07, 6.45) is 3.57. The van der Waals surface area contributed by atoms with Gasteiger partial charge in [0.15, 0.2) is 0 Å². The van der Waals surface area contributed by atoms with Crippen molar-refractivity contribution in [3.05, 3.63) is 29.8 Å². The maximum absolute atomic E-state index is 13.1. The number of urea groups is 1. The Morgan fingerprint density at radius 3 is 2.48 bits per heavy atom. The molecule has 4 rings (SSSR count). The minimum Gasteiger partial charge on any atom is -0.496 e. The quantitative estimate of drug-likeness (QED) is 0.671. The lowest BCUT2D eigenvalue weighted by molar-refractivity contribution is -0.140. The van der Waals surface area contributed by atoms with Gasteiger partial charge in [0.2, 0.25) is 11.8 Å². The zero-order valence-corrected chi connectivity index (χ0v) is 20.3. The summed E-state index contributed by atoms with van der Waals surface area (Å²) < 4.78 is 5.54. The van der Waals surface area contributed by atoms with Gasteiger partial charge in [0, 0.05) is 32.7 Å². The van der Waals surface area contributed by atoms with E-state index in [-0.39, 0.29) is 35.1 Å². The first kappa shape index (κ1) is 23.8. The van der Waals surface area contributed by atoms with Crippen LogP contribution >= 0.6 is 11.8 Å². The average Bonchev–Trinajstić information content (AvgIpc) is 3.14. The lowest BCUT2D eigenvalue weighted by Crippen LogP contribution is -2.72. The molecule has 3 aliphatic heterocycles. The summed E-state index contributed by atoms with van der Waals surface area (Å²) >= 11 is 1.44. The van der Waals surface area contributed by atoms with E-state index in [4.69, 9.17) is 4.74 Å². The van der Waals surface area contributed by atoms with Crippen molar-refractivity contribution in [2.24, 2.45) is 5.92 Å². The Morgan fingerprint density at radius 1 is 1.09 bits per heavy atom. The van der Waals surface area contributed by atoms with Crippen molar-refractivity contribution < 1.29 is 19.1 Å². The Morgan fingerprint density at radius 2 is 1.79 bits per heavy atom. The molecule has 3 heterocycles. The Labute approximate surface area is 199 Å². The standard InChI is InChI=1S/C23H33N5O4S/c1-26-20-18(22(30)27(2)23(26)31)21(33-14-17(29)28-12-8-4-5-9-13-28)25-19(24-20)15-10-6-7-11-16(15)32-3/h6-7,10-11,18-21,24-25H,4-5,8-9,12-14H2,1-3H3. The summed E-state index contributed by atoms with van der Waals surface area (Å²) in [7, 11) is 4.82. The highest BCUT2D eigenvalue weighted by atomic mass is 32.2. The van der Waals surface area contributed by atoms with E-state index in [1.54, 1.807) is 19.1 Å². The van der Waals surface area contributed by atoms with Gasteiger partial charge in [-0.1, -0.05) is 31.0 Å². The van der Waals surface area contributed by atoms with Crippen LogP contribution in [-0.4, -0.2) is 84.1 Å². The van der Waals surface area contributed by atoms with Crippen LogP contribution in [0.1, 0.15) is 37.4 Å². The molecule has 9 nitrogen and oxygen atoms in total. The molecular weight excluding hydrogens is 442 g/mol. The van der Waals surface area contributed by atoms with Crippen LogP contribution in [-0.2, 0) is 9.59 Å². The highest BCUT2D eigenvalue weighted by Crippen LogP contribution is 2.36. The van der Waals surface area contributed by atoms with E-state index >= 15 is 0 Å². The first-order chi connectivity index (χ1) is 15.9. The molecule has 10 heteroatoms. The zero-order chi connectivity index (χ0) is 23.5. The number of likely N-dealkylation sites (tertiary alicyclic amines) is 1. The second kappa shape index (κ2) is 10.3. The Kier molecular flexibility index (Phi) is 7.45. The second-order valence-electron chi connectivity index (χ2n) is 8.80. The van der Waals surface area contributed by atoms with Crippen molar-refractivity contribution in [3.8, 4) is 5.75 Å². The van der Waals surface area contributed by atoms with Gasteiger partial charge < -0.3 is 14.5 Å². The molecule has 33 heavy (non-hydrogen) atoms. The molecule has 0 aliphatic carbocycles. The van der Waals surface area contributed by atoms with Gasteiger partial charge in [-0.15, -0.1) is 11.8 Å². The number of carbonyl (C=O) groups is 3. The van der Waals surface area contributed by atoms with Gasteiger partial charge in [0.1, 0.15) is 5.75 Å². The van der Waals surface area contributed by atoms with Crippen molar-refractivity contribution >= 4 is 29.6 Å². The highest BCUT2D eigenvalue weighted by molar-refractivity contribution is 8.00. The molecule has 3 fully saturated rings. The number of nitrogens with one attached hydrogen (secondary N) is 2. The Balaban J connectivity index is 1.57. The van der Waals surface area contributed by atoms with Crippen LogP contribution in [0.15, 0.2) is 24.3 Å². The number of rotatable bonds is 5. The molecular formula is C23H33N5O4S. The summed E-state index contributed by atoms with van der Waals surface area (Å²) in [5.41, 5.74) is 0.884. The fourth-order valence-corrected chi connectivity index (χ4v) is 6.07. The van der Waals surface area contributed by atoms with Crippen LogP contribution < -0.4 is 15.4 Å². The van der Waals surface area contributed by atoms with E-state index < -0.39 is 12.1 Å². The average molecular weight is 476 g/mol. The molecule has 180 valence electrons. The van der Waals surface area contributed by atoms with Gasteiger partial charge in [-0.3, -0.25) is 25.1 Å². The normalized spacial score (nSPS) is 28.4. The molecule has 2 N–H and O–H groups in total. The first-order valence-corrected chi connectivity index (χ1v) is 12.6. The van der Waals surface area contributed by atoms with Gasteiger partial charge in [0.05, 0.1) is 36.5 Å². The summed E-state index contributed by atoms with van der Waals surface area (Å²) in [5, 5.41) is 6.59. The SMILES string of the molecule is COc1ccccc1C1NC(SCC(=O)N2CCCCCC2)C2C(=O)N(C)C(=O)N(C)C2N1. The zero-order valence-electron chi connectivity index (χ0n) is 19.5. The van der Waals surface area contributed by atoms with Crippen LogP contribution in [0, 0.1) is 5.92 Å². The molecule has 4 unspecified atom stereocenters. The molecule has 4 atom stereocenters. The van der Waals surface area contributed by atoms with Crippen molar-refractivity contribution in [2.75, 3.05) is 40.0 Å². The van der Waals surface area contributed by atoms with Gasteiger partial charge in [-0.05, 0) is 18.9 Å². The number of hydrogen-bond acceptors (Lipinski definition) is 7. The molecule has 0 radical (unpaired) electrons. The lowest BCUT2D eigenvalue weighted by Gasteiger charge is -2.50. The predicted octanol–water partition coefficient (Wildman–Crippen LogP) is 1.81. The second-order valence-corrected chi connectivity index (χ2v) is 9.93.